The van der Waals surface area contributed by atoms with Crippen molar-refractivity contribution in [3.8, 4) is 11.4 Å². The van der Waals surface area contributed by atoms with Gasteiger partial charge in [0.25, 0.3) is 10.0 Å². The molecule has 1 aliphatic heterocycles. The monoisotopic (exact) mass is 377 g/mol. The molecule has 0 unspecified atom stereocenters. The van der Waals surface area contributed by atoms with Crippen LogP contribution in [-0.4, -0.2) is 18.6 Å². The molecular formula is C20H15N3O3S. The summed E-state index contributed by atoms with van der Waals surface area (Å²) in [6.45, 7) is 2.00. The Kier molecular flexibility index (Phi) is 3.35. The van der Waals surface area contributed by atoms with Gasteiger partial charge in [0.05, 0.1) is 10.6 Å². The number of hydrogen-bond acceptors (Lipinski definition) is 5. The molecule has 0 saturated heterocycles. The zero-order valence-corrected chi connectivity index (χ0v) is 15.3. The normalized spacial score (nSPS) is 14.8. The van der Waals surface area contributed by atoms with Gasteiger partial charge in [0, 0.05) is 10.9 Å². The Morgan fingerprint density at radius 2 is 1.74 bits per heavy atom. The van der Waals surface area contributed by atoms with Gasteiger partial charge in [-0.3, -0.25) is 4.31 Å². The van der Waals surface area contributed by atoms with Gasteiger partial charge >= 0.3 is 0 Å². The maximum Gasteiger partial charge on any atom is 0.265 e. The van der Waals surface area contributed by atoms with E-state index >= 15 is 0 Å². The van der Waals surface area contributed by atoms with Gasteiger partial charge in [-0.05, 0) is 24.4 Å². The molecule has 0 spiro atoms. The summed E-state index contributed by atoms with van der Waals surface area (Å²) >= 11 is 0. The zero-order valence-electron chi connectivity index (χ0n) is 14.5. The molecule has 0 atom stereocenters. The molecule has 5 rings (SSSR count). The average molecular weight is 377 g/mol. The molecule has 0 N–H and O–H groups in total. The molecule has 0 amide bonds. The lowest BCUT2D eigenvalue weighted by Gasteiger charge is -2.16. The number of aryl methyl sites for hydroxylation is 1. The molecule has 0 fully saturated rings. The maximum atomic E-state index is 13.0. The van der Waals surface area contributed by atoms with Crippen LogP contribution >= 0.6 is 0 Å². The van der Waals surface area contributed by atoms with E-state index in [1.165, 1.54) is 4.31 Å². The van der Waals surface area contributed by atoms with E-state index < -0.39 is 10.0 Å². The van der Waals surface area contributed by atoms with Crippen molar-refractivity contribution in [2.45, 2.75) is 18.4 Å². The average Bonchev–Trinajstić information content (AvgIpc) is 3.21. The minimum atomic E-state index is -3.65. The number of benzene rings is 3. The second kappa shape index (κ2) is 5.65. The predicted molar refractivity (Wildman–Crippen MR) is 102 cm³/mol. The van der Waals surface area contributed by atoms with Crippen molar-refractivity contribution in [2.75, 3.05) is 4.31 Å². The lowest BCUT2D eigenvalue weighted by molar-refractivity contribution is 0.380. The summed E-state index contributed by atoms with van der Waals surface area (Å²) in [6, 6.07) is 18.6. The molecule has 27 heavy (non-hydrogen) atoms. The van der Waals surface area contributed by atoms with Gasteiger partial charge in [-0.25, -0.2) is 8.42 Å². The maximum absolute atomic E-state index is 13.0. The fraction of sp³-hybridized carbons (Fsp3) is 0.100. The van der Waals surface area contributed by atoms with Gasteiger partial charge in [-0.15, -0.1) is 0 Å². The van der Waals surface area contributed by atoms with Gasteiger partial charge < -0.3 is 4.52 Å². The first-order valence-corrected chi connectivity index (χ1v) is 9.92. The lowest BCUT2D eigenvalue weighted by Crippen LogP contribution is -2.26. The van der Waals surface area contributed by atoms with Crippen LogP contribution in [0.4, 0.5) is 5.69 Å². The molecule has 3 aromatic carbocycles. The van der Waals surface area contributed by atoms with Crippen LogP contribution in [-0.2, 0) is 16.6 Å². The predicted octanol–water partition coefficient (Wildman–Crippen LogP) is 3.91. The molecule has 1 aromatic heterocycles. The quantitative estimate of drug-likeness (QED) is 0.541. The largest absolute Gasteiger partial charge is 0.337 e. The highest BCUT2D eigenvalue weighted by atomic mass is 32.2. The van der Waals surface area contributed by atoms with Gasteiger partial charge in [0.1, 0.15) is 6.54 Å². The number of sulfonamides is 1. The molecule has 0 saturated carbocycles. The van der Waals surface area contributed by atoms with Crippen molar-refractivity contribution < 1.29 is 12.9 Å². The fourth-order valence-electron chi connectivity index (χ4n) is 3.39. The molecule has 1 aliphatic rings. The highest BCUT2D eigenvalue weighted by molar-refractivity contribution is 7.93. The van der Waals surface area contributed by atoms with Crippen LogP contribution in [0.1, 0.15) is 11.5 Å². The first kappa shape index (κ1) is 16.0. The first-order chi connectivity index (χ1) is 13.0. The third kappa shape index (κ3) is 2.43. The Balaban J connectivity index is 1.54. The van der Waals surface area contributed by atoms with Crippen LogP contribution in [0.3, 0.4) is 0 Å². The number of hydrogen-bond donors (Lipinski definition) is 0. The first-order valence-electron chi connectivity index (χ1n) is 8.48. The SMILES string of the molecule is Cc1ccc(-c2noc(CN3c4cccc5cccc(c45)S3(=O)=O)n2)cc1. The Bertz CT molecular complexity index is 1270. The molecule has 2 heterocycles. The second-order valence-corrected chi connectivity index (χ2v) is 8.35. The summed E-state index contributed by atoms with van der Waals surface area (Å²) in [4.78, 5) is 4.70. The third-order valence-corrected chi connectivity index (χ3v) is 6.54. The molecule has 0 aliphatic carbocycles. The van der Waals surface area contributed by atoms with Gasteiger partial charge in [-0.1, -0.05) is 59.3 Å². The van der Waals surface area contributed by atoms with Crippen LogP contribution in [0.25, 0.3) is 22.2 Å². The molecule has 0 radical (unpaired) electrons. The van der Waals surface area contributed by atoms with Crippen LogP contribution in [0.5, 0.6) is 0 Å². The Morgan fingerprint density at radius 1 is 1.00 bits per heavy atom. The minimum absolute atomic E-state index is 0.00497. The van der Waals surface area contributed by atoms with Crippen molar-refractivity contribution in [2.24, 2.45) is 0 Å². The van der Waals surface area contributed by atoms with Crippen molar-refractivity contribution in [3.05, 3.63) is 72.1 Å². The molecular weight excluding hydrogens is 362 g/mol. The summed E-state index contributed by atoms with van der Waals surface area (Å²) in [5.41, 5.74) is 2.60. The van der Waals surface area contributed by atoms with Crippen molar-refractivity contribution in [1.82, 2.24) is 10.1 Å². The smallest absolute Gasteiger partial charge is 0.265 e. The van der Waals surface area contributed by atoms with Crippen molar-refractivity contribution >= 4 is 26.5 Å². The standard InChI is InChI=1S/C20H15N3O3S/c1-13-8-10-15(11-9-13)20-21-18(26-22-20)12-23-16-6-2-4-14-5-3-7-17(19(14)16)27(23,24)25/h2-11H,12H2,1H3. The highest BCUT2D eigenvalue weighted by Crippen LogP contribution is 2.42. The Hall–Kier alpha value is -3.19. The van der Waals surface area contributed by atoms with Gasteiger partial charge in [-0.2, -0.15) is 4.98 Å². The Morgan fingerprint density at radius 3 is 2.52 bits per heavy atom. The molecule has 0 bridgehead atoms. The van der Waals surface area contributed by atoms with Crippen LogP contribution in [0.15, 0.2) is 70.1 Å². The van der Waals surface area contributed by atoms with E-state index in [0.29, 0.717) is 16.4 Å². The van der Waals surface area contributed by atoms with E-state index in [1.807, 2.05) is 49.4 Å². The van der Waals surface area contributed by atoms with Crippen molar-refractivity contribution in [3.63, 3.8) is 0 Å². The van der Waals surface area contributed by atoms with Crippen LogP contribution in [0, 0.1) is 6.92 Å². The van der Waals surface area contributed by atoms with Gasteiger partial charge in [0.15, 0.2) is 0 Å². The highest BCUT2D eigenvalue weighted by Gasteiger charge is 2.36. The number of nitrogens with zero attached hydrogens (tertiary/aromatic N) is 3. The van der Waals surface area contributed by atoms with E-state index in [-0.39, 0.29) is 12.4 Å². The summed E-state index contributed by atoms with van der Waals surface area (Å²) < 4.78 is 32.7. The molecule has 7 heteroatoms. The summed E-state index contributed by atoms with van der Waals surface area (Å²) in [6.07, 6.45) is 0. The minimum Gasteiger partial charge on any atom is -0.337 e. The number of rotatable bonds is 3. The van der Waals surface area contributed by atoms with E-state index in [2.05, 4.69) is 10.1 Å². The van der Waals surface area contributed by atoms with Crippen LogP contribution < -0.4 is 4.31 Å². The molecule has 6 nitrogen and oxygen atoms in total. The Labute approximate surface area is 156 Å². The summed E-state index contributed by atoms with van der Waals surface area (Å²) in [5, 5.41) is 5.62. The zero-order chi connectivity index (χ0) is 18.6. The second-order valence-electron chi connectivity index (χ2n) is 6.52. The van der Waals surface area contributed by atoms with Crippen molar-refractivity contribution in [1.29, 1.82) is 0 Å². The van der Waals surface area contributed by atoms with Crippen LogP contribution in [0.2, 0.25) is 0 Å². The number of anilines is 1. The summed E-state index contributed by atoms with van der Waals surface area (Å²) in [5.74, 6) is 0.691. The van der Waals surface area contributed by atoms with E-state index in [4.69, 9.17) is 4.52 Å². The van der Waals surface area contributed by atoms with E-state index in [1.54, 1.807) is 18.2 Å². The lowest BCUT2D eigenvalue weighted by atomic mass is 10.1. The summed E-state index contributed by atoms with van der Waals surface area (Å²) in [7, 11) is -3.65. The molecule has 4 aromatic rings. The topological polar surface area (TPSA) is 76.3 Å². The number of aromatic nitrogens is 2. The van der Waals surface area contributed by atoms with E-state index in [0.717, 1.165) is 21.9 Å². The third-order valence-electron chi connectivity index (χ3n) is 4.74. The molecule has 134 valence electrons. The van der Waals surface area contributed by atoms with Gasteiger partial charge in [0.2, 0.25) is 11.7 Å². The fourth-order valence-corrected chi connectivity index (χ4v) is 5.05. The van der Waals surface area contributed by atoms with E-state index in [9.17, 15) is 8.42 Å².